The van der Waals surface area contributed by atoms with Gasteiger partial charge in [0.2, 0.25) is 0 Å². The molecule has 0 radical (unpaired) electrons. The fourth-order valence-corrected chi connectivity index (χ4v) is 1.98. The average molecular weight is 386 g/mol. The van der Waals surface area contributed by atoms with Crippen LogP contribution in [0.2, 0.25) is 0 Å². The number of phenols is 3. The Bertz CT molecular complexity index is 1010. The number of nitrogens with zero attached hydrogens (tertiary/aromatic N) is 2. The molecule has 2 aromatic rings. The molecule has 26 heavy (non-hydrogen) atoms. The van der Waals surface area contributed by atoms with Gasteiger partial charge in [0, 0.05) is 28.1 Å². The van der Waals surface area contributed by atoms with Gasteiger partial charge in [-0.15, -0.1) is 0 Å². The summed E-state index contributed by atoms with van der Waals surface area (Å²) < 4.78 is 37.1. The molecular formula is C15H18N2O8S. The first kappa shape index (κ1) is 21.2. The third-order valence-corrected chi connectivity index (χ3v) is 3.38. The SMILES string of the molecule is Cc1cc(/C=C/c2cc(O)cc(O)c2O)n(C)c(=O)[n+]1C.O=S(=O)([O-])[O-].[H+]. The Morgan fingerprint density at radius 1 is 1.15 bits per heavy atom. The Labute approximate surface area is 150 Å². The second-order valence-electron chi connectivity index (χ2n) is 5.26. The molecule has 0 atom stereocenters. The highest BCUT2D eigenvalue weighted by molar-refractivity contribution is 7.79. The van der Waals surface area contributed by atoms with Crippen LogP contribution in [0.15, 0.2) is 23.0 Å². The van der Waals surface area contributed by atoms with E-state index in [9.17, 15) is 20.1 Å². The van der Waals surface area contributed by atoms with Crippen LogP contribution < -0.4 is 10.3 Å². The monoisotopic (exact) mass is 386 g/mol. The van der Waals surface area contributed by atoms with Crippen LogP contribution in [0.5, 0.6) is 17.2 Å². The standard InChI is InChI=1S/C15H16N2O4.H2O4S/c1-9-6-11(17(3)15(21)16(9)2)5-4-10-7-12(18)8-13(19)14(10)20;1-5(2,3)4/h4-8,18-19H,1-3H3;(H2,1,2,3,4). The van der Waals surface area contributed by atoms with Gasteiger partial charge in [-0.1, -0.05) is 0 Å². The lowest BCUT2D eigenvalue weighted by atomic mass is 10.1. The van der Waals surface area contributed by atoms with Crippen molar-refractivity contribution in [3.8, 4) is 17.2 Å². The Balaban J connectivity index is 0.00000100. The van der Waals surface area contributed by atoms with E-state index in [0.717, 1.165) is 11.8 Å². The van der Waals surface area contributed by atoms with Crippen LogP contribution in [0.3, 0.4) is 0 Å². The predicted octanol–water partition coefficient (Wildman–Crippen LogP) is -0.420. The molecule has 0 amide bonds. The highest BCUT2D eigenvalue weighted by Gasteiger charge is 2.12. The minimum atomic E-state index is -5.17. The first-order chi connectivity index (χ1) is 11.8. The topological polar surface area (TPSA) is 167 Å². The molecule has 0 spiro atoms. The van der Waals surface area contributed by atoms with Gasteiger partial charge in [0.15, 0.2) is 11.5 Å². The Kier molecular flexibility index (Phi) is 6.50. The maximum Gasteiger partial charge on any atom is 1.00 e. The number of hydrogen-bond acceptors (Lipinski definition) is 8. The molecule has 3 N–H and O–H groups in total. The lowest BCUT2D eigenvalue weighted by Gasteiger charge is -2.06. The zero-order chi connectivity index (χ0) is 20.2. The minimum absolute atomic E-state index is 0. The van der Waals surface area contributed by atoms with E-state index < -0.39 is 16.1 Å². The summed E-state index contributed by atoms with van der Waals surface area (Å²) in [6, 6.07) is 4.19. The van der Waals surface area contributed by atoms with Crippen molar-refractivity contribution in [2.24, 2.45) is 14.1 Å². The molecule has 0 saturated carbocycles. The summed E-state index contributed by atoms with van der Waals surface area (Å²) in [4.78, 5) is 12.0. The maximum absolute atomic E-state index is 12.0. The van der Waals surface area contributed by atoms with Crippen LogP contribution in [0.4, 0.5) is 0 Å². The van der Waals surface area contributed by atoms with Crippen LogP contribution in [0.25, 0.3) is 12.2 Å². The molecule has 11 heteroatoms. The number of benzene rings is 1. The van der Waals surface area contributed by atoms with Crippen molar-refractivity contribution in [1.82, 2.24) is 4.57 Å². The van der Waals surface area contributed by atoms with Crippen LogP contribution in [-0.2, 0) is 24.5 Å². The van der Waals surface area contributed by atoms with Crippen molar-refractivity contribution < 1.29 is 38.8 Å². The molecule has 1 aromatic carbocycles. The predicted molar refractivity (Wildman–Crippen MR) is 89.5 cm³/mol. The maximum atomic E-state index is 12.0. The van der Waals surface area contributed by atoms with Crippen LogP contribution in [0, 0.1) is 6.92 Å². The molecule has 0 bridgehead atoms. The third-order valence-electron chi connectivity index (χ3n) is 3.38. The zero-order valence-electron chi connectivity index (χ0n) is 15.1. The normalized spacial score (nSPS) is 11.3. The van der Waals surface area contributed by atoms with E-state index in [1.165, 1.54) is 21.3 Å². The largest absolute Gasteiger partial charge is 1.00 e. The van der Waals surface area contributed by atoms with E-state index in [0.29, 0.717) is 5.69 Å². The van der Waals surface area contributed by atoms with Crippen LogP contribution in [-0.4, -0.2) is 37.4 Å². The second kappa shape index (κ2) is 7.99. The van der Waals surface area contributed by atoms with Crippen molar-refractivity contribution in [3.63, 3.8) is 0 Å². The first-order valence-electron chi connectivity index (χ1n) is 6.97. The fraction of sp³-hybridized carbons (Fsp3) is 0.200. The number of phenolic OH excluding ortho intramolecular Hbond substituents is 3. The third kappa shape index (κ3) is 5.88. The Morgan fingerprint density at radius 2 is 1.69 bits per heavy atom. The summed E-state index contributed by atoms with van der Waals surface area (Å²) in [5.41, 5.74) is 1.52. The van der Waals surface area contributed by atoms with E-state index in [2.05, 4.69) is 0 Å². The van der Waals surface area contributed by atoms with Gasteiger partial charge >= 0.3 is 7.12 Å². The Morgan fingerprint density at radius 3 is 2.23 bits per heavy atom. The van der Waals surface area contributed by atoms with E-state index >= 15 is 0 Å². The van der Waals surface area contributed by atoms with Crippen molar-refractivity contribution in [1.29, 1.82) is 0 Å². The van der Waals surface area contributed by atoms with Gasteiger partial charge < -0.3 is 24.4 Å². The number of rotatable bonds is 2. The number of aromatic hydroxyl groups is 3. The van der Waals surface area contributed by atoms with Gasteiger partial charge in [-0.2, -0.15) is 13.9 Å². The summed E-state index contributed by atoms with van der Waals surface area (Å²) in [6.45, 7) is 1.82. The van der Waals surface area contributed by atoms with Crippen molar-refractivity contribution >= 4 is 22.6 Å². The number of aromatic nitrogens is 2. The molecule has 2 rings (SSSR count). The van der Waals surface area contributed by atoms with Gasteiger partial charge in [0.1, 0.15) is 17.1 Å². The molecule has 0 saturated heterocycles. The van der Waals surface area contributed by atoms with Gasteiger partial charge in [-0.3, -0.25) is 8.42 Å². The summed E-state index contributed by atoms with van der Waals surface area (Å²) in [7, 11) is -1.84. The summed E-state index contributed by atoms with van der Waals surface area (Å²) >= 11 is 0. The molecule has 0 fully saturated rings. The van der Waals surface area contributed by atoms with Crippen molar-refractivity contribution in [2.75, 3.05) is 0 Å². The highest BCUT2D eigenvalue weighted by atomic mass is 32.3. The molecule has 0 aliphatic carbocycles. The summed E-state index contributed by atoms with van der Waals surface area (Å²) in [5, 5.41) is 28.6. The van der Waals surface area contributed by atoms with Gasteiger partial charge in [0.05, 0.1) is 14.1 Å². The molecule has 1 aromatic heterocycles. The molecule has 10 nitrogen and oxygen atoms in total. The highest BCUT2D eigenvalue weighted by Crippen LogP contribution is 2.34. The smallest absolute Gasteiger partial charge is 0.759 e. The summed E-state index contributed by atoms with van der Waals surface area (Å²) in [5.74, 6) is -0.888. The van der Waals surface area contributed by atoms with Gasteiger partial charge in [-0.25, -0.2) is 0 Å². The van der Waals surface area contributed by atoms with Crippen molar-refractivity contribution in [3.05, 3.63) is 45.6 Å². The molecular weight excluding hydrogens is 368 g/mol. The fourth-order valence-electron chi connectivity index (χ4n) is 1.98. The molecule has 0 aliphatic heterocycles. The van der Waals surface area contributed by atoms with E-state index in [-0.39, 0.29) is 24.2 Å². The van der Waals surface area contributed by atoms with Gasteiger partial charge in [-0.05, 0) is 25.1 Å². The Hall–Kier alpha value is -2.89. The summed E-state index contributed by atoms with van der Waals surface area (Å²) in [6.07, 6.45) is 3.14. The molecule has 1 heterocycles. The molecule has 142 valence electrons. The van der Waals surface area contributed by atoms with E-state index in [1.54, 1.807) is 20.2 Å². The lowest BCUT2D eigenvalue weighted by Crippen LogP contribution is -2.53. The van der Waals surface area contributed by atoms with E-state index in [1.807, 2.05) is 13.0 Å². The number of aryl methyl sites for hydroxylation is 1. The second-order valence-corrected chi connectivity index (χ2v) is 6.07. The number of hydrogen-bond donors (Lipinski definition) is 3. The lowest BCUT2D eigenvalue weighted by molar-refractivity contribution is -0.696. The minimum Gasteiger partial charge on any atom is -0.759 e. The zero-order valence-corrected chi connectivity index (χ0v) is 14.9. The van der Waals surface area contributed by atoms with Gasteiger partial charge in [0.25, 0.3) is 0 Å². The van der Waals surface area contributed by atoms with E-state index in [4.69, 9.17) is 17.5 Å². The van der Waals surface area contributed by atoms with Crippen LogP contribution >= 0.6 is 0 Å². The average Bonchev–Trinajstić information content (AvgIpc) is 2.50. The molecule has 0 unspecified atom stereocenters. The quantitative estimate of drug-likeness (QED) is 0.206. The molecule has 0 aliphatic rings. The van der Waals surface area contributed by atoms with Crippen LogP contribution in [0.1, 0.15) is 18.4 Å². The first-order valence-corrected chi connectivity index (χ1v) is 8.31. The van der Waals surface area contributed by atoms with Crippen molar-refractivity contribution in [2.45, 2.75) is 6.92 Å².